The molecule has 0 bridgehead atoms. The molecule has 2 aromatic rings. The third kappa shape index (κ3) is 3.16. The van der Waals surface area contributed by atoms with Gasteiger partial charge in [0.2, 0.25) is 0 Å². The lowest BCUT2D eigenvalue weighted by Gasteiger charge is -2.07. The molecule has 1 aromatic heterocycles. The van der Waals surface area contributed by atoms with Crippen molar-refractivity contribution in [2.24, 2.45) is 0 Å². The summed E-state index contributed by atoms with van der Waals surface area (Å²) in [7, 11) is 0. The normalized spacial score (nSPS) is 10.1. The van der Waals surface area contributed by atoms with Crippen LogP contribution in [0, 0.1) is 18.3 Å². The summed E-state index contributed by atoms with van der Waals surface area (Å²) >= 11 is 1.72. The maximum absolute atomic E-state index is 8.79. The highest BCUT2D eigenvalue weighted by molar-refractivity contribution is 7.07. The van der Waals surface area contributed by atoms with E-state index in [0.717, 1.165) is 18.7 Å². The fourth-order valence-corrected chi connectivity index (χ4v) is 2.37. The van der Waals surface area contributed by atoms with E-state index >= 15 is 0 Å². The topological polar surface area (TPSA) is 35.8 Å². The van der Waals surface area contributed by atoms with Crippen molar-refractivity contribution < 1.29 is 0 Å². The summed E-state index contributed by atoms with van der Waals surface area (Å²) in [5, 5.41) is 16.4. The van der Waals surface area contributed by atoms with Gasteiger partial charge in [-0.25, -0.2) is 0 Å². The number of thiophene rings is 1. The molecule has 0 saturated heterocycles. The molecule has 0 amide bonds. The monoisotopic (exact) mass is 242 g/mol. The van der Waals surface area contributed by atoms with E-state index in [9.17, 15) is 0 Å². The molecule has 2 rings (SSSR count). The molecule has 1 heterocycles. The number of hydrogen-bond acceptors (Lipinski definition) is 3. The van der Waals surface area contributed by atoms with E-state index in [2.05, 4.69) is 28.2 Å². The Morgan fingerprint density at radius 3 is 2.82 bits per heavy atom. The molecule has 1 N–H and O–H groups in total. The molecule has 0 aliphatic rings. The van der Waals surface area contributed by atoms with Crippen molar-refractivity contribution in [3.05, 3.63) is 57.3 Å². The Kier molecular flexibility index (Phi) is 3.92. The van der Waals surface area contributed by atoms with Crippen LogP contribution in [0.3, 0.4) is 0 Å². The van der Waals surface area contributed by atoms with Gasteiger partial charge in [-0.2, -0.15) is 16.6 Å². The zero-order chi connectivity index (χ0) is 12.1. The lowest BCUT2D eigenvalue weighted by Crippen LogP contribution is -2.13. The van der Waals surface area contributed by atoms with Crippen molar-refractivity contribution in [1.29, 1.82) is 5.26 Å². The Hall–Kier alpha value is -1.63. The minimum absolute atomic E-state index is 0.726. The highest BCUT2D eigenvalue weighted by Gasteiger charge is 2.00. The van der Waals surface area contributed by atoms with Gasteiger partial charge in [0.15, 0.2) is 0 Å². The molecule has 0 atom stereocenters. The molecule has 3 heteroatoms. The first-order chi connectivity index (χ1) is 8.29. The highest BCUT2D eigenvalue weighted by atomic mass is 32.1. The Balaban J connectivity index is 1.93. The van der Waals surface area contributed by atoms with Crippen LogP contribution in [0.15, 0.2) is 35.0 Å². The fraction of sp³-hybridized carbons (Fsp3) is 0.214. The number of nitrogens with one attached hydrogen (secondary N) is 1. The summed E-state index contributed by atoms with van der Waals surface area (Å²) < 4.78 is 0. The van der Waals surface area contributed by atoms with Crippen LogP contribution in [0.2, 0.25) is 0 Å². The number of aryl methyl sites for hydroxylation is 1. The third-order valence-corrected chi connectivity index (χ3v) is 3.43. The van der Waals surface area contributed by atoms with Gasteiger partial charge in [0.05, 0.1) is 11.6 Å². The molecule has 86 valence electrons. The van der Waals surface area contributed by atoms with Crippen LogP contribution < -0.4 is 5.32 Å². The molecule has 0 aliphatic heterocycles. The van der Waals surface area contributed by atoms with E-state index in [1.165, 1.54) is 16.7 Å². The highest BCUT2D eigenvalue weighted by Crippen LogP contribution is 2.11. The van der Waals surface area contributed by atoms with Gasteiger partial charge in [0.25, 0.3) is 0 Å². The molecular weight excluding hydrogens is 228 g/mol. The van der Waals surface area contributed by atoms with Gasteiger partial charge in [0, 0.05) is 13.1 Å². The van der Waals surface area contributed by atoms with Crippen molar-refractivity contribution in [3.8, 4) is 6.07 Å². The quantitative estimate of drug-likeness (QED) is 0.893. The predicted molar refractivity (Wildman–Crippen MR) is 70.8 cm³/mol. The first-order valence-electron chi connectivity index (χ1n) is 5.51. The zero-order valence-electron chi connectivity index (χ0n) is 9.73. The Bertz CT molecular complexity index is 524. The number of rotatable bonds is 4. The van der Waals surface area contributed by atoms with Crippen LogP contribution in [-0.2, 0) is 13.1 Å². The molecule has 0 aliphatic carbocycles. The molecule has 0 spiro atoms. The average molecular weight is 242 g/mol. The summed E-state index contributed by atoms with van der Waals surface area (Å²) in [5.74, 6) is 0. The minimum atomic E-state index is 0.726. The first kappa shape index (κ1) is 11.8. The summed E-state index contributed by atoms with van der Waals surface area (Å²) in [6, 6.07) is 10.1. The number of nitrogens with zero attached hydrogens (tertiary/aromatic N) is 1. The van der Waals surface area contributed by atoms with Crippen molar-refractivity contribution in [2.75, 3.05) is 0 Å². The third-order valence-electron chi connectivity index (χ3n) is 2.70. The second kappa shape index (κ2) is 5.62. The Morgan fingerprint density at radius 2 is 2.18 bits per heavy atom. The van der Waals surface area contributed by atoms with Gasteiger partial charge in [-0.3, -0.25) is 0 Å². The van der Waals surface area contributed by atoms with Crippen LogP contribution in [-0.4, -0.2) is 0 Å². The lowest BCUT2D eigenvalue weighted by molar-refractivity contribution is 0.692. The molecular formula is C14H14N2S. The smallest absolute Gasteiger partial charge is 0.0991 e. The molecule has 1 aromatic carbocycles. The van der Waals surface area contributed by atoms with E-state index in [-0.39, 0.29) is 0 Å². The summed E-state index contributed by atoms with van der Waals surface area (Å²) in [6.45, 7) is 3.78. The van der Waals surface area contributed by atoms with Crippen molar-refractivity contribution in [1.82, 2.24) is 5.32 Å². The second-order valence-corrected chi connectivity index (χ2v) is 4.77. The molecule has 0 radical (unpaired) electrons. The van der Waals surface area contributed by atoms with E-state index in [1.807, 2.05) is 25.1 Å². The molecule has 17 heavy (non-hydrogen) atoms. The first-order valence-corrected chi connectivity index (χ1v) is 6.45. The molecule has 0 saturated carbocycles. The van der Waals surface area contributed by atoms with Crippen molar-refractivity contribution in [2.45, 2.75) is 20.0 Å². The maximum atomic E-state index is 8.79. The Morgan fingerprint density at radius 1 is 1.29 bits per heavy atom. The van der Waals surface area contributed by atoms with E-state index in [0.29, 0.717) is 0 Å². The van der Waals surface area contributed by atoms with Crippen LogP contribution in [0.4, 0.5) is 0 Å². The summed E-state index contributed by atoms with van der Waals surface area (Å²) in [6.07, 6.45) is 0. The van der Waals surface area contributed by atoms with Crippen molar-refractivity contribution in [3.63, 3.8) is 0 Å². The van der Waals surface area contributed by atoms with Gasteiger partial charge in [-0.15, -0.1) is 0 Å². The van der Waals surface area contributed by atoms with Gasteiger partial charge in [0.1, 0.15) is 0 Å². The van der Waals surface area contributed by atoms with E-state index in [1.54, 1.807) is 11.3 Å². The predicted octanol–water partition coefficient (Wildman–Crippen LogP) is 3.22. The number of benzene rings is 1. The molecule has 0 fully saturated rings. The van der Waals surface area contributed by atoms with E-state index < -0.39 is 0 Å². The standard InChI is InChI=1S/C14H14N2S/c1-11-6-12(7-15)2-3-14(11)9-16-8-13-4-5-17-10-13/h2-6,10,16H,8-9H2,1H3. The van der Waals surface area contributed by atoms with Crippen LogP contribution >= 0.6 is 11.3 Å². The summed E-state index contributed by atoms with van der Waals surface area (Å²) in [5.41, 5.74) is 4.46. The van der Waals surface area contributed by atoms with Gasteiger partial charge >= 0.3 is 0 Å². The van der Waals surface area contributed by atoms with Crippen molar-refractivity contribution >= 4 is 11.3 Å². The summed E-state index contributed by atoms with van der Waals surface area (Å²) in [4.78, 5) is 0. The maximum Gasteiger partial charge on any atom is 0.0991 e. The SMILES string of the molecule is Cc1cc(C#N)ccc1CNCc1ccsc1. The zero-order valence-corrected chi connectivity index (χ0v) is 10.6. The van der Waals surface area contributed by atoms with Gasteiger partial charge in [-0.1, -0.05) is 6.07 Å². The minimum Gasteiger partial charge on any atom is -0.309 e. The van der Waals surface area contributed by atoms with Crippen LogP contribution in [0.5, 0.6) is 0 Å². The van der Waals surface area contributed by atoms with Gasteiger partial charge in [-0.05, 0) is 52.6 Å². The average Bonchev–Trinajstić information content (AvgIpc) is 2.84. The number of hydrogen-bond donors (Lipinski definition) is 1. The number of nitriles is 1. The Labute approximate surface area is 106 Å². The lowest BCUT2D eigenvalue weighted by atomic mass is 10.1. The van der Waals surface area contributed by atoms with Crippen LogP contribution in [0.25, 0.3) is 0 Å². The van der Waals surface area contributed by atoms with E-state index in [4.69, 9.17) is 5.26 Å². The second-order valence-electron chi connectivity index (χ2n) is 3.99. The molecule has 0 unspecified atom stereocenters. The largest absolute Gasteiger partial charge is 0.309 e. The fourth-order valence-electron chi connectivity index (χ4n) is 1.70. The molecule has 2 nitrogen and oxygen atoms in total. The van der Waals surface area contributed by atoms with Crippen LogP contribution in [0.1, 0.15) is 22.3 Å². The van der Waals surface area contributed by atoms with Gasteiger partial charge < -0.3 is 5.32 Å².